The molecule has 0 atom stereocenters. The molecule has 0 aliphatic carbocycles. The molecule has 1 aromatic carbocycles. The van der Waals surface area contributed by atoms with Crippen molar-refractivity contribution in [3.05, 3.63) is 39.9 Å². The van der Waals surface area contributed by atoms with Gasteiger partial charge in [-0.2, -0.15) is 0 Å². The average Bonchev–Trinajstić information content (AvgIpc) is 2.38. The summed E-state index contributed by atoms with van der Waals surface area (Å²) in [6.07, 6.45) is 1.53. The first-order valence-corrected chi connectivity index (χ1v) is 5.91. The maximum atomic E-state index is 10.8. The highest BCUT2D eigenvalue weighted by atomic mass is 32.2. The number of non-ortho nitro benzene ring substituents is 1. The van der Waals surface area contributed by atoms with Gasteiger partial charge in [0.2, 0.25) is 5.17 Å². The minimum atomic E-state index is -0.461. The molecule has 1 aromatic rings. The van der Waals surface area contributed by atoms with Crippen LogP contribution in [0.15, 0.2) is 34.4 Å². The van der Waals surface area contributed by atoms with Gasteiger partial charge in [-0.05, 0) is 17.7 Å². The van der Waals surface area contributed by atoms with E-state index in [1.807, 2.05) is 0 Å². The Labute approximate surface area is 106 Å². The van der Waals surface area contributed by atoms with E-state index < -0.39 is 4.92 Å². The SMILES string of the molecule is O=C1CSC(/N=C/c2ccc([N+](=O)[O-])cc2)=NN1. The average molecular weight is 264 g/mol. The Bertz CT molecular complexity index is 539. The molecule has 0 unspecified atom stereocenters. The van der Waals surface area contributed by atoms with Crippen LogP contribution in [0.1, 0.15) is 5.56 Å². The van der Waals surface area contributed by atoms with Gasteiger partial charge in [-0.1, -0.05) is 11.8 Å². The number of nitro benzene ring substituents is 1. The fourth-order valence-corrected chi connectivity index (χ4v) is 1.74. The number of rotatable bonds is 2. The van der Waals surface area contributed by atoms with Crippen LogP contribution in [0.5, 0.6) is 0 Å². The van der Waals surface area contributed by atoms with Crippen molar-refractivity contribution in [1.82, 2.24) is 5.43 Å². The Morgan fingerprint density at radius 1 is 1.44 bits per heavy atom. The van der Waals surface area contributed by atoms with E-state index in [4.69, 9.17) is 0 Å². The third-order valence-electron chi connectivity index (χ3n) is 2.04. The molecule has 0 spiro atoms. The number of hydrogen-bond acceptors (Lipinski definition) is 6. The fourth-order valence-electron chi connectivity index (χ4n) is 1.18. The third kappa shape index (κ3) is 3.14. The van der Waals surface area contributed by atoms with Crippen LogP contribution in [0.2, 0.25) is 0 Å². The maximum Gasteiger partial charge on any atom is 0.269 e. The van der Waals surface area contributed by atoms with Crippen molar-refractivity contribution in [1.29, 1.82) is 0 Å². The number of carbonyl (C=O) groups is 1. The highest BCUT2D eigenvalue weighted by Gasteiger charge is 2.10. The van der Waals surface area contributed by atoms with Crippen molar-refractivity contribution in [2.45, 2.75) is 0 Å². The summed E-state index contributed by atoms with van der Waals surface area (Å²) < 4.78 is 0. The lowest BCUT2D eigenvalue weighted by molar-refractivity contribution is -0.384. The van der Waals surface area contributed by atoms with Crippen LogP contribution in [0, 0.1) is 10.1 Å². The Hall–Kier alpha value is -2.22. The van der Waals surface area contributed by atoms with E-state index in [2.05, 4.69) is 15.5 Å². The second kappa shape index (κ2) is 5.41. The zero-order valence-corrected chi connectivity index (χ0v) is 9.88. The van der Waals surface area contributed by atoms with Gasteiger partial charge in [0.15, 0.2) is 0 Å². The maximum absolute atomic E-state index is 10.8. The predicted molar refractivity (Wildman–Crippen MR) is 68.7 cm³/mol. The molecule has 0 bridgehead atoms. The summed E-state index contributed by atoms with van der Waals surface area (Å²) in [5, 5.41) is 14.7. The van der Waals surface area contributed by atoms with Crippen LogP contribution < -0.4 is 5.43 Å². The second-order valence-electron chi connectivity index (χ2n) is 3.32. The number of aliphatic imine (C=N–C) groups is 1. The molecule has 18 heavy (non-hydrogen) atoms. The molecule has 2 rings (SSSR count). The molecule has 1 N–H and O–H groups in total. The molecule has 0 aromatic heterocycles. The van der Waals surface area contributed by atoms with Crippen molar-refractivity contribution in [3.63, 3.8) is 0 Å². The zero-order valence-electron chi connectivity index (χ0n) is 9.07. The van der Waals surface area contributed by atoms with Crippen LogP contribution in [-0.2, 0) is 4.79 Å². The van der Waals surface area contributed by atoms with E-state index in [1.54, 1.807) is 12.1 Å². The molecule has 1 amide bonds. The topological polar surface area (TPSA) is 97.0 Å². The fraction of sp³-hybridized carbons (Fsp3) is 0.100. The van der Waals surface area contributed by atoms with Crippen molar-refractivity contribution in [3.8, 4) is 0 Å². The predicted octanol–water partition coefficient (Wildman–Crippen LogP) is 1.15. The number of amidine groups is 1. The summed E-state index contributed by atoms with van der Waals surface area (Å²) in [6.45, 7) is 0. The van der Waals surface area contributed by atoms with Crippen LogP contribution in [0.3, 0.4) is 0 Å². The van der Waals surface area contributed by atoms with Crippen LogP contribution in [-0.4, -0.2) is 28.0 Å². The van der Waals surface area contributed by atoms with Gasteiger partial charge in [0, 0.05) is 18.3 Å². The first kappa shape index (κ1) is 12.2. The second-order valence-corrected chi connectivity index (χ2v) is 4.27. The number of thioether (sulfide) groups is 1. The van der Waals surface area contributed by atoms with E-state index in [9.17, 15) is 14.9 Å². The van der Waals surface area contributed by atoms with E-state index in [0.29, 0.717) is 5.17 Å². The smallest absolute Gasteiger partial charge is 0.269 e. The quantitative estimate of drug-likeness (QED) is 0.492. The number of nitrogens with one attached hydrogen (secondary N) is 1. The van der Waals surface area contributed by atoms with Gasteiger partial charge in [0.25, 0.3) is 11.6 Å². The van der Waals surface area contributed by atoms with Crippen molar-refractivity contribution in [2.24, 2.45) is 10.1 Å². The molecule has 0 saturated carbocycles. The van der Waals surface area contributed by atoms with Crippen LogP contribution in [0.4, 0.5) is 5.69 Å². The molecule has 8 heteroatoms. The largest absolute Gasteiger partial charge is 0.272 e. The number of benzene rings is 1. The van der Waals surface area contributed by atoms with E-state index in [0.717, 1.165) is 5.56 Å². The Balaban J connectivity index is 2.05. The van der Waals surface area contributed by atoms with Crippen molar-refractivity contribution >= 4 is 34.7 Å². The molecule has 7 nitrogen and oxygen atoms in total. The van der Waals surface area contributed by atoms with Crippen LogP contribution in [0.25, 0.3) is 0 Å². The number of hydrogen-bond donors (Lipinski definition) is 1. The lowest BCUT2D eigenvalue weighted by Crippen LogP contribution is -2.25. The van der Waals surface area contributed by atoms with Crippen molar-refractivity contribution < 1.29 is 9.72 Å². The summed E-state index contributed by atoms with van der Waals surface area (Å²) in [6, 6.07) is 5.99. The molecule has 0 radical (unpaired) electrons. The van der Waals surface area contributed by atoms with Crippen LogP contribution >= 0.6 is 11.8 Å². The number of carbonyl (C=O) groups excluding carboxylic acids is 1. The molecule has 0 fully saturated rings. The molecule has 1 heterocycles. The van der Waals surface area contributed by atoms with Gasteiger partial charge in [-0.25, -0.2) is 10.4 Å². The molecular weight excluding hydrogens is 256 g/mol. The number of hydrazone groups is 1. The highest BCUT2D eigenvalue weighted by molar-refractivity contribution is 8.14. The summed E-state index contributed by atoms with van der Waals surface area (Å²) in [5.74, 6) is 0.130. The minimum absolute atomic E-state index is 0.0313. The first-order valence-electron chi connectivity index (χ1n) is 4.93. The van der Waals surface area contributed by atoms with E-state index in [1.165, 1.54) is 30.1 Å². The van der Waals surface area contributed by atoms with Gasteiger partial charge in [-0.15, -0.1) is 5.10 Å². The molecule has 1 aliphatic rings. The molecule has 92 valence electrons. The Morgan fingerprint density at radius 2 is 2.17 bits per heavy atom. The first-order chi connectivity index (χ1) is 8.65. The summed E-state index contributed by atoms with van der Waals surface area (Å²) in [7, 11) is 0. The highest BCUT2D eigenvalue weighted by Crippen LogP contribution is 2.12. The molecule has 0 saturated heterocycles. The zero-order chi connectivity index (χ0) is 13.0. The number of nitro groups is 1. The van der Waals surface area contributed by atoms with Gasteiger partial charge >= 0.3 is 0 Å². The monoisotopic (exact) mass is 264 g/mol. The summed E-state index contributed by atoms with van der Waals surface area (Å²) in [5.41, 5.74) is 3.07. The standard InChI is InChI=1S/C10H8N4O3S/c15-9-6-18-10(13-12-9)11-5-7-1-3-8(4-2-7)14(16)17/h1-5H,6H2,(H,12,15)/b11-5+. The van der Waals surface area contributed by atoms with Gasteiger partial charge in [0.1, 0.15) is 0 Å². The van der Waals surface area contributed by atoms with Gasteiger partial charge < -0.3 is 0 Å². The van der Waals surface area contributed by atoms with Gasteiger partial charge in [-0.3, -0.25) is 14.9 Å². The Morgan fingerprint density at radius 3 is 2.72 bits per heavy atom. The number of amides is 1. The molecular formula is C10H8N4O3S. The third-order valence-corrected chi connectivity index (χ3v) is 2.90. The summed E-state index contributed by atoms with van der Waals surface area (Å²) in [4.78, 5) is 24.9. The summed E-state index contributed by atoms with van der Waals surface area (Å²) >= 11 is 1.23. The van der Waals surface area contributed by atoms with E-state index >= 15 is 0 Å². The minimum Gasteiger partial charge on any atom is -0.272 e. The lowest BCUT2D eigenvalue weighted by atomic mass is 10.2. The molecule has 1 aliphatic heterocycles. The van der Waals surface area contributed by atoms with Gasteiger partial charge in [0.05, 0.1) is 10.7 Å². The number of nitrogens with zero attached hydrogens (tertiary/aromatic N) is 3. The lowest BCUT2D eigenvalue weighted by Gasteiger charge is -2.06. The normalized spacial score (nSPS) is 15.3. The van der Waals surface area contributed by atoms with E-state index in [-0.39, 0.29) is 17.3 Å². The Kier molecular flexibility index (Phi) is 3.68. The van der Waals surface area contributed by atoms with Crippen molar-refractivity contribution in [2.75, 3.05) is 5.75 Å².